The van der Waals surface area contributed by atoms with Crippen LogP contribution in [0.5, 0.6) is 0 Å². The predicted octanol–water partition coefficient (Wildman–Crippen LogP) is 1.34. The lowest BCUT2D eigenvalue weighted by atomic mass is 9.90. The molecular weight excluding hydrogens is 208 g/mol. The van der Waals surface area contributed by atoms with E-state index >= 15 is 0 Å². The molecule has 4 heteroatoms. The first kappa shape index (κ1) is 12.8. The van der Waals surface area contributed by atoms with Crippen molar-refractivity contribution in [2.75, 3.05) is 32.1 Å². The van der Waals surface area contributed by atoms with E-state index in [0.29, 0.717) is 12.3 Å². The molecule has 0 radical (unpaired) electrons. The van der Waals surface area contributed by atoms with Gasteiger partial charge in [0, 0.05) is 30.8 Å². The first-order chi connectivity index (χ1) is 7.11. The molecule has 0 unspecified atom stereocenters. The Balaban J connectivity index is 2.33. The third-order valence-electron chi connectivity index (χ3n) is 3.34. The number of carbonyl (C=O) groups is 1. The summed E-state index contributed by atoms with van der Waals surface area (Å²) >= 11 is 1.74. The first-order valence-corrected chi connectivity index (χ1v) is 6.96. The van der Waals surface area contributed by atoms with Gasteiger partial charge in [-0.1, -0.05) is 0 Å². The summed E-state index contributed by atoms with van der Waals surface area (Å²) in [5, 5.41) is 3.34. The monoisotopic (exact) mass is 230 g/mol. The van der Waals surface area contributed by atoms with Gasteiger partial charge in [0.05, 0.1) is 0 Å². The number of thioether (sulfide) groups is 1. The largest absolute Gasteiger partial charge is 0.343 e. The van der Waals surface area contributed by atoms with Crippen LogP contribution in [0.3, 0.4) is 0 Å². The third-order valence-corrected chi connectivity index (χ3v) is 3.96. The van der Waals surface area contributed by atoms with E-state index in [0.717, 1.165) is 31.7 Å². The van der Waals surface area contributed by atoms with Crippen LogP contribution in [0.4, 0.5) is 0 Å². The van der Waals surface area contributed by atoms with Gasteiger partial charge in [-0.05, 0) is 33.1 Å². The van der Waals surface area contributed by atoms with Crippen molar-refractivity contribution < 1.29 is 4.79 Å². The topological polar surface area (TPSA) is 32.3 Å². The Bertz CT molecular complexity index is 213. The van der Waals surface area contributed by atoms with Crippen LogP contribution in [0.1, 0.15) is 26.2 Å². The van der Waals surface area contributed by atoms with E-state index in [2.05, 4.69) is 12.2 Å². The Morgan fingerprint density at radius 3 is 2.53 bits per heavy atom. The lowest BCUT2D eigenvalue weighted by Crippen LogP contribution is -2.51. The van der Waals surface area contributed by atoms with E-state index in [9.17, 15) is 4.79 Å². The SMILES string of the molecule is CNC1(C)CCN(C(=O)CCSC)CC1. The lowest BCUT2D eigenvalue weighted by Gasteiger charge is -2.39. The average molecular weight is 230 g/mol. The minimum atomic E-state index is 0.232. The Labute approximate surface area is 97.0 Å². The molecule has 15 heavy (non-hydrogen) atoms. The van der Waals surface area contributed by atoms with Crippen molar-refractivity contribution in [2.24, 2.45) is 0 Å². The second-order valence-electron chi connectivity index (χ2n) is 4.43. The summed E-state index contributed by atoms with van der Waals surface area (Å²) in [4.78, 5) is 13.8. The number of nitrogens with one attached hydrogen (secondary N) is 1. The Kier molecular flexibility index (Phi) is 4.93. The fraction of sp³-hybridized carbons (Fsp3) is 0.909. The minimum Gasteiger partial charge on any atom is -0.343 e. The highest BCUT2D eigenvalue weighted by molar-refractivity contribution is 7.98. The van der Waals surface area contributed by atoms with Crippen molar-refractivity contribution >= 4 is 17.7 Å². The highest BCUT2D eigenvalue weighted by Crippen LogP contribution is 2.21. The molecule has 1 fully saturated rings. The maximum Gasteiger partial charge on any atom is 0.223 e. The van der Waals surface area contributed by atoms with Gasteiger partial charge in [-0.2, -0.15) is 11.8 Å². The van der Waals surface area contributed by atoms with Gasteiger partial charge in [0.2, 0.25) is 5.91 Å². The summed E-state index contributed by atoms with van der Waals surface area (Å²) in [5.41, 5.74) is 0.232. The standard InChI is InChI=1S/C11H22N2OS/c1-11(12-2)5-7-13(8-6-11)10(14)4-9-15-3/h12H,4-9H2,1-3H3. The Hall–Kier alpha value is -0.220. The molecule has 1 amide bonds. The number of piperidine rings is 1. The molecule has 1 aliphatic rings. The lowest BCUT2D eigenvalue weighted by molar-refractivity contribution is -0.132. The van der Waals surface area contributed by atoms with Crippen LogP contribution in [0.25, 0.3) is 0 Å². The van der Waals surface area contributed by atoms with E-state index in [1.807, 2.05) is 18.2 Å². The van der Waals surface area contributed by atoms with Crippen molar-refractivity contribution in [1.82, 2.24) is 10.2 Å². The average Bonchev–Trinajstić information content (AvgIpc) is 2.27. The van der Waals surface area contributed by atoms with Gasteiger partial charge in [0.1, 0.15) is 0 Å². The molecule has 0 atom stereocenters. The summed E-state index contributed by atoms with van der Waals surface area (Å²) in [5.74, 6) is 1.26. The van der Waals surface area contributed by atoms with Crippen LogP contribution >= 0.6 is 11.8 Å². The molecule has 3 nitrogen and oxygen atoms in total. The molecule has 0 aromatic carbocycles. The maximum atomic E-state index is 11.7. The van der Waals surface area contributed by atoms with E-state index < -0.39 is 0 Å². The van der Waals surface area contributed by atoms with Crippen molar-refractivity contribution in [1.29, 1.82) is 0 Å². The third kappa shape index (κ3) is 3.68. The molecule has 0 aromatic rings. The van der Waals surface area contributed by atoms with Gasteiger partial charge in [-0.3, -0.25) is 4.79 Å². The number of hydrogen-bond acceptors (Lipinski definition) is 3. The van der Waals surface area contributed by atoms with Gasteiger partial charge < -0.3 is 10.2 Å². The summed E-state index contributed by atoms with van der Waals surface area (Å²) in [6, 6.07) is 0. The number of hydrogen-bond donors (Lipinski definition) is 1. The Morgan fingerprint density at radius 2 is 2.07 bits per heavy atom. The molecule has 88 valence electrons. The molecule has 1 N–H and O–H groups in total. The number of carbonyl (C=O) groups excluding carboxylic acids is 1. The second kappa shape index (κ2) is 5.75. The molecule has 1 saturated heterocycles. The highest BCUT2D eigenvalue weighted by atomic mass is 32.2. The van der Waals surface area contributed by atoms with Gasteiger partial charge in [0.15, 0.2) is 0 Å². The molecule has 1 heterocycles. The van der Waals surface area contributed by atoms with Crippen LogP contribution in [-0.4, -0.2) is 48.5 Å². The summed E-state index contributed by atoms with van der Waals surface area (Å²) in [6.45, 7) is 4.05. The molecule has 0 aromatic heterocycles. The quantitative estimate of drug-likeness (QED) is 0.791. The molecule has 0 spiro atoms. The van der Waals surface area contributed by atoms with Gasteiger partial charge in [0.25, 0.3) is 0 Å². The van der Waals surface area contributed by atoms with Crippen molar-refractivity contribution in [3.05, 3.63) is 0 Å². The molecule has 1 aliphatic heterocycles. The fourth-order valence-corrected chi connectivity index (χ4v) is 2.23. The first-order valence-electron chi connectivity index (χ1n) is 5.57. The summed E-state index contributed by atoms with van der Waals surface area (Å²) < 4.78 is 0. The smallest absolute Gasteiger partial charge is 0.223 e. The molecule has 0 saturated carbocycles. The number of amides is 1. The van der Waals surface area contributed by atoms with Crippen molar-refractivity contribution in [2.45, 2.75) is 31.7 Å². The zero-order chi connectivity index (χ0) is 11.3. The molecular formula is C11H22N2OS. The minimum absolute atomic E-state index is 0.232. The number of likely N-dealkylation sites (tertiary alicyclic amines) is 1. The van der Waals surface area contributed by atoms with Crippen molar-refractivity contribution in [3.8, 4) is 0 Å². The zero-order valence-corrected chi connectivity index (χ0v) is 10.8. The summed E-state index contributed by atoms with van der Waals surface area (Å²) in [6.07, 6.45) is 4.86. The summed E-state index contributed by atoms with van der Waals surface area (Å²) in [7, 11) is 2.01. The molecule has 0 bridgehead atoms. The maximum absolute atomic E-state index is 11.7. The van der Waals surface area contributed by atoms with Crippen LogP contribution in [0, 0.1) is 0 Å². The molecule has 0 aliphatic carbocycles. The fourth-order valence-electron chi connectivity index (χ4n) is 1.85. The normalized spacial score (nSPS) is 20.3. The van der Waals surface area contributed by atoms with E-state index in [4.69, 9.17) is 0 Å². The van der Waals surface area contributed by atoms with Crippen LogP contribution in [0.2, 0.25) is 0 Å². The molecule has 1 rings (SSSR count). The van der Waals surface area contributed by atoms with Gasteiger partial charge in [-0.25, -0.2) is 0 Å². The van der Waals surface area contributed by atoms with Gasteiger partial charge >= 0.3 is 0 Å². The van der Waals surface area contributed by atoms with Crippen LogP contribution < -0.4 is 5.32 Å². The number of nitrogens with zero attached hydrogens (tertiary/aromatic N) is 1. The number of rotatable bonds is 4. The predicted molar refractivity (Wildman–Crippen MR) is 66.3 cm³/mol. The van der Waals surface area contributed by atoms with E-state index in [1.165, 1.54) is 0 Å². The van der Waals surface area contributed by atoms with Gasteiger partial charge in [-0.15, -0.1) is 0 Å². The van der Waals surface area contributed by atoms with Crippen LogP contribution in [0.15, 0.2) is 0 Å². The van der Waals surface area contributed by atoms with Crippen molar-refractivity contribution in [3.63, 3.8) is 0 Å². The van der Waals surface area contributed by atoms with Crippen LogP contribution in [-0.2, 0) is 4.79 Å². The zero-order valence-electron chi connectivity index (χ0n) is 10.0. The van der Waals surface area contributed by atoms with E-state index in [1.54, 1.807) is 11.8 Å². The van der Waals surface area contributed by atoms with E-state index in [-0.39, 0.29) is 5.54 Å². The second-order valence-corrected chi connectivity index (χ2v) is 5.42. The Morgan fingerprint density at radius 1 is 1.47 bits per heavy atom. The highest BCUT2D eigenvalue weighted by Gasteiger charge is 2.29.